The van der Waals surface area contributed by atoms with E-state index in [1.165, 1.54) is 19.2 Å². The first-order valence-corrected chi connectivity index (χ1v) is 20.0. The molecule has 0 spiro atoms. The van der Waals surface area contributed by atoms with E-state index < -0.39 is 31.4 Å². The Morgan fingerprint density at radius 2 is 1.65 bits per heavy atom. The fourth-order valence-electron chi connectivity index (χ4n) is 6.11. The van der Waals surface area contributed by atoms with E-state index in [0.29, 0.717) is 37.9 Å². The van der Waals surface area contributed by atoms with Crippen molar-refractivity contribution in [2.45, 2.75) is 53.4 Å². The van der Waals surface area contributed by atoms with Crippen molar-refractivity contribution >= 4 is 41.3 Å². The molecule has 1 saturated carbocycles. The normalized spacial score (nSPS) is 15.8. The second-order valence-electron chi connectivity index (χ2n) is 12.7. The summed E-state index contributed by atoms with van der Waals surface area (Å²) in [6.07, 6.45) is 4.46. The van der Waals surface area contributed by atoms with Crippen molar-refractivity contribution in [2.75, 3.05) is 14.2 Å². The largest absolute Gasteiger partial charge is 0.497 e. The van der Waals surface area contributed by atoms with Gasteiger partial charge in [-0.25, -0.2) is 22.4 Å². The Morgan fingerprint density at radius 1 is 0.865 bits per heavy atom. The van der Waals surface area contributed by atoms with Crippen LogP contribution < -0.4 is 23.5 Å². The average molecular weight is 742 g/mol. The minimum absolute atomic E-state index is 0.0112. The Bertz CT molecular complexity index is 2540. The number of fused-ring (bicyclic) bond motifs is 2. The lowest BCUT2D eigenvalue weighted by atomic mass is 10.1. The van der Waals surface area contributed by atoms with Crippen LogP contribution in [0.25, 0.3) is 21.8 Å². The number of hydrogen-bond acceptors (Lipinski definition) is 9. The SMILES string of the molecule is COc1ccc2c(O[C@@H](C)c3cccc(S(=N)(=O)C[n+]4ccc(OCc5cccc(S(=N)(=O)C6CC6)c5)c5cc(F)c(OC)cc54)c3)ccnc2c1. The number of hydrogen-bond donors (Lipinski definition) is 2. The highest BCUT2D eigenvalue weighted by Gasteiger charge is 2.34. The van der Waals surface area contributed by atoms with E-state index in [-0.39, 0.29) is 23.5 Å². The first-order chi connectivity index (χ1) is 25.0. The lowest BCUT2D eigenvalue weighted by Crippen LogP contribution is -2.38. The highest BCUT2D eigenvalue weighted by atomic mass is 32.2. The van der Waals surface area contributed by atoms with Crippen LogP contribution in [0.1, 0.15) is 37.0 Å². The lowest BCUT2D eigenvalue weighted by molar-refractivity contribution is -0.650. The molecule has 0 saturated heterocycles. The summed E-state index contributed by atoms with van der Waals surface area (Å²) in [5.41, 5.74) is 2.64. The second-order valence-corrected chi connectivity index (χ2v) is 17.1. The molecule has 13 heteroatoms. The summed E-state index contributed by atoms with van der Waals surface area (Å²) in [5, 5.41) is 1.10. The third-order valence-corrected chi connectivity index (χ3v) is 13.2. The van der Waals surface area contributed by atoms with Gasteiger partial charge < -0.3 is 18.9 Å². The van der Waals surface area contributed by atoms with Gasteiger partial charge in [0.05, 0.1) is 45.8 Å². The maximum Gasteiger partial charge on any atom is 0.234 e. The summed E-state index contributed by atoms with van der Waals surface area (Å²) >= 11 is 0. The first-order valence-electron chi connectivity index (χ1n) is 16.6. The summed E-state index contributed by atoms with van der Waals surface area (Å²) in [4.78, 5) is 5.22. The van der Waals surface area contributed by atoms with Gasteiger partial charge in [-0.05, 0) is 79.4 Å². The van der Waals surface area contributed by atoms with Crippen molar-refractivity contribution in [2.24, 2.45) is 0 Å². The minimum atomic E-state index is -3.43. The number of nitrogens with zero attached hydrogens (tertiary/aromatic N) is 2. The molecule has 2 N–H and O–H groups in total. The van der Waals surface area contributed by atoms with E-state index in [9.17, 15) is 8.42 Å². The first kappa shape index (κ1) is 35.1. The van der Waals surface area contributed by atoms with Crippen LogP contribution in [0.3, 0.4) is 0 Å². The summed E-state index contributed by atoms with van der Waals surface area (Å²) in [6.45, 7) is 1.98. The number of ether oxygens (including phenoxy) is 4. The lowest BCUT2D eigenvalue weighted by Gasteiger charge is -2.18. The third kappa shape index (κ3) is 7.10. The Hall–Kier alpha value is -5.27. The van der Waals surface area contributed by atoms with Crippen LogP contribution in [0.4, 0.5) is 4.39 Å². The van der Waals surface area contributed by atoms with Crippen LogP contribution in [-0.4, -0.2) is 32.9 Å². The minimum Gasteiger partial charge on any atom is -0.497 e. The molecular weight excluding hydrogens is 704 g/mol. The van der Waals surface area contributed by atoms with E-state index in [1.807, 2.05) is 37.3 Å². The van der Waals surface area contributed by atoms with Crippen molar-refractivity contribution in [3.8, 4) is 23.0 Å². The van der Waals surface area contributed by atoms with Gasteiger partial charge in [-0.1, -0.05) is 24.3 Å². The van der Waals surface area contributed by atoms with Crippen LogP contribution in [0, 0.1) is 15.4 Å². The van der Waals surface area contributed by atoms with Gasteiger partial charge in [0.15, 0.2) is 17.8 Å². The molecular formula is C39H38FN4O6S2+. The molecule has 10 nitrogen and oxygen atoms in total. The zero-order valence-electron chi connectivity index (χ0n) is 28.8. The summed E-state index contributed by atoms with van der Waals surface area (Å²) in [7, 11) is -3.35. The highest BCUT2D eigenvalue weighted by molar-refractivity contribution is 7.93. The molecule has 268 valence electrons. The number of halogens is 1. The maximum atomic E-state index is 15.1. The van der Waals surface area contributed by atoms with Crippen LogP contribution in [0.2, 0.25) is 0 Å². The van der Waals surface area contributed by atoms with Gasteiger partial charge in [-0.2, -0.15) is 4.57 Å². The average Bonchev–Trinajstić information content (AvgIpc) is 4.01. The molecule has 2 heterocycles. The second kappa shape index (κ2) is 14.0. The molecule has 0 aliphatic heterocycles. The number of aromatic nitrogens is 2. The van der Waals surface area contributed by atoms with Gasteiger partial charge in [0.25, 0.3) is 0 Å². The molecule has 0 radical (unpaired) electrons. The number of nitrogens with one attached hydrogen (secondary N) is 2. The van der Waals surface area contributed by atoms with E-state index in [4.69, 9.17) is 28.5 Å². The molecule has 1 aliphatic carbocycles. The summed E-state index contributed by atoms with van der Waals surface area (Å²) < 4.78 is 84.5. The topological polar surface area (TPSA) is 136 Å². The zero-order chi connectivity index (χ0) is 36.6. The summed E-state index contributed by atoms with van der Waals surface area (Å²) in [5.74, 6) is 0.834. The summed E-state index contributed by atoms with van der Waals surface area (Å²) in [6, 6.07) is 25.8. The molecule has 4 aromatic carbocycles. The molecule has 0 bridgehead atoms. The Labute approximate surface area is 302 Å². The van der Waals surface area contributed by atoms with Crippen LogP contribution in [0.5, 0.6) is 23.0 Å². The molecule has 7 rings (SSSR count). The molecule has 0 amide bonds. The standard InChI is InChI=1S/C39H38FN4O6S2/c1-25(50-38-14-16-43-35-20-28(47-2)10-13-32(35)38)27-7-5-8-30(19-27)51(41,45)24-44-17-15-37(33-21-34(40)39(48-3)22-36(33)44)49-23-26-6-4-9-31(18-26)52(42,46)29-11-12-29/h4-10,13-22,25,29,41-42H,11-12,23-24H2,1-3H3/q+1/t25-,51?,52?/m0/s1. The van der Waals surface area contributed by atoms with Crippen LogP contribution in [-0.2, 0) is 31.9 Å². The fraction of sp³-hybridized carbons (Fsp3) is 0.231. The molecule has 1 fully saturated rings. The van der Waals surface area contributed by atoms with Gasteiger partial charge in [-0.15, -0.1) is 0 Å². The van der Waals surface area contributed by atoms with Crippen molar-refractivity contribution in [3.63, 3.8) is 0 Å². The van der Waals surface area contributed by atoms with Gasteiger partial charge in [0.2, 0.25) is 11.4 Å². The Kier molecular flexibility index (Phi) is 9.49. The van der Waals surface area contributed by atoms with Crippen molar-refractivity contribution in [3.05, 3.63) is 120 Å². The van der Waals surface area contributed by atoms with Crippen LogP contribution in [0.15, 0.2) is 113 Å². The Balaban J connectivity index is 1.15. The zero-order valence-corrected chi connectivity index (χ0v) is 30.5. The van der Waals surface area contributed by atoms with E-state index in [0.717, 1.165) is 34.9 Å². The highest BCUT2D eigenvalue weighted by Crippen LogP contribution is 2.35. The maximum absolute atomic E-state index is 15.1. The molecule has 3 atom stereocenters. The van der Waals surface area contributed by atoms with Crippen molar-refractivity contribution in [1.82, 2.24) is 4.98 Å². The Morgan fingerprint density at radius 3 is 2.42 bits per heavy atom. The van der Waals surface area contributed by atoms with Gasteiger partial charge in [-0.3, -0.25) is 4.98 Å². The number of methoxy groups -OCH3 is 2. The monoisotopic (exact) mass is 741 g/mol. The van der Waals surface area contributed by atoms with E-state index in [2.05, 4.69) is 4.98 Å². The van der Waals surface area contributed by atoms with Crippen molar-refractivity contribution in [1.29, 1.82) is 9.56 Å². The quantitative estimate of drug-likeness (QED) is 0.114. The molecule has 1 aliphatic rings. The smallest absolute Gasteiger partial charge is 0.234 e. The van der Waals surface area contributed by atoms with Crippen LogP contribution >= 0.6 is 0 Å². The molecule has 6 aromatic rings. The molecule has 2 unspecified atom stereocenters. The predicted octanol–water partition coefficient (Wildman–Crippen LogP) is 8.18. The fourth-order valence-corrected chi connectivity index (χ4v) is 9.29. The third-order valence-electron chi connectivity index (χ3n) is 9.13. The number of benzene rings is 4. The van der Waals surface area contributed by atoms with E-state index in [1.54, 1.807) is 72.6 Å². The molecule has 2 aromatic heterocycles. The van der Waals surface area contributed by atoms with Gasteiger partial charge in [0.1, 0.15) is 39.7 Å². The van der Waals surface area contributed by atoms with Gasteiger partial charge >= 0.3 is 0 Å². The van der Waals surface area contributed by atoms with Crippen molar-refractivity contribution < 1.29 is 36.3 Å². The predicted molar refractivity (Wildman–Crippen MR) is 196 cm³/mol. The number of rotatable bonds is 13. The van der Waals surface area contributed by atoms with Gasteiger partial charge in [0, 0.05) is 33.9 Å². The molecule has 52 heavy (non-hydrogen) atoms. The van der Waals surface area contributed by atoms with E-state index >= 15 is 4.39 Å². The number of pyridine rings is 2.